The van der Waals surface area contributed by atoms with Gasteiger partial charge in [-0.25, -0.2) is 4.98 Å². The molecule has 98 valence electrons. The molecule has 4 rings (SSSR count). The molecule has 1 fully saturated rings. The maximum atomic E-state index is 9.86. The molecule has 2 aliphatic rings. The van der Waals surface area contributed by atoms with Crippen LogP contribution in [0.4, 0.5) is 5.82 Å². The molecular formula is C14H14N2O3. The van der Waals surface area contributed by atoms with Crippen molar-refractivity contribution in [2.45, 2.75) is 12.5 Å². The molecule has 3 heterocycles. The van der Waals surface area contributed by atoms with E-state index in [0.29, 0.717) is 13.1 Å². The zero-order valence-electron chi connectivity index (χ0n) is 10.6. The summed E-state index contributed by atoms with van der Waals surface area (Å²) in [4.78, 5) is 6.51. The van der Waals surface area contributed by atoms with Gasteiger partial charge in [-0.2, -0.15) is 0 Å². The minimum Gasteiger partial charge on any atom is -0.454 e. The molecule has 1 N–H and O–H groups in total. The number of β-amino-alcohol motifs (C(OH)–C–C–N with tert-alkyl or cyclic N) is 1. The van der Waals surface area contributed by atoms with E-state index in [1.54, 1.807) is 6.20 Å². The topological polar surface area (TPSA) is 54.8 Å². The standard InChI is InChI=1S/C14H14N2O3/c1-14(17)6-16(7-14)13-10-5-12-11(18-8-19-12)4-9(10)2-3-15-13/h2-5,17H,6-8H2,1H3. The highest BCUT2D eigenvalue weighted by molar-refractivity contribution is 5.95. The Morgan fingerprint density at radius 3 is 2.74 bits per heavy atom. The number of rotatable bonds is 1. The molecule has 0 unspecified atom stereocenters. The Morgan fingerprint density at radius 2 is 2.00 bits per heavy atom. The van der Waals surface area contributed by atoms with E-state index >= 15 is 0 Å². The highest BCUT2D eigenvalue weighted by Crippen LogP contribution is 2.39. The van der Waals surface area contributed by atoms with Crippen LogP contribution < -0.4 is 14.4 Å². The summed E-state index contributed by atoms with van der Waals surface area (Å²) < 4.78 is 10.8. The zero-order chi connectivity index (χ0) is 13.0. The summed E-state index contributed by atoms with van der Waals surface area (Å²) in [5, 5.41) is 12.0. The fraction of sp³-hybridized carbons (Fsp3) is 0.357. The highest BCUT2D eigenvalue weighted by atomic mass is 16.7. The van der Waals surface area contributed by atoms with Gasteiger partial charge in [0, 0.05) is 24.7 Å². The minimum atomic E-state index is -0.611. The fourth-order valence-electron chi connectivity index (χ4n) is 2.72. The smallest absolute Gasteiger partial charge is 0.231 e. The lowest BCUT2D eigenvalue weighted by atomic mass is 9.96. The lowest BCUT2D eigenvalue weighted by molar-refractivity contribution is 0.0307. The first-order valence-corrected chi connectivity index (χ1v) is 6.28. The Morgan fingerprint density at radius 1 is 1.26 bits per heavy atom. The van der Waals surface area contributed by atoms with Crippen molar-refractivity contribution >= 4 is 16.6 Å². The van der Waals surface area contributed by atoms with E-state index in [1.807, 2.05) is 25.1 Å². The monoisotopic (exact) mass is 258 g/mol. The van der Waals surface area contributed by atoms with Gasteiger partial charge in [0.1, 0.15) is 5.82 Å². The predicted octanol–water partition coefficient (Wildman–Crippen LogP) is 1.53. The average molecular weight is 258 g/mol. The molecule has 0 spiro atoms. The molecule has 0 atom stereocenters. The number of aliphatic hydroxyl groups is 1. The highest BCUT2D eigenvalue weighted by Gasteiger charge is 2.38. The van der Waals surface area contributed by atoms with Crippen molar-refractivity contribution in [3.8, 4) is 11.5 Å². The first kappa shape index (κ1) is 10.9. The number of nitrogens with zero attached hydrogens (tertiary/aromatic N) is 2. The van der Waals surface area contributed by atoms with E-state index in [0.717, 1.165) is 28.1 Å². The summed E-state index contributed by atoms with van der Waals surface area (Å²) in [5.74, 6) is 2.43. The quantitative estimate of drug-likeness (QED) is 0.840. The Bertz CT molecular complexity index is 661. The number of aromatic nitrogens is 1. The lowest BCUT2D eigenvalue weighted by Crippen LogP contribution is -2.60. The summed E-state index contributed by atoms with van der Waals surface area (Å²) in [6, 6.07) is 5.90. The van der Waals surface area contributed by atoms with E-state index in [2.05, 4.69) is 9.88 Å². The van der Waals surface area contributed by atoms with E-state index in [1.165, 1.54) is 0 Å². The van der Waals surface area contributed by atoms with Crippen LogP contribution in [0.1, 0.15) is 6.92 Å². The SMILES string of the molecule is CC1(O)CN(c2nccc3cc4c(cc23)OCO4)C1. The van der Waals surface area contributed by atoms with Gasteiger partial charge in [-0.3, -0.25) is 0 Å². The molecule has 0 aliphatic carbocycles. The van der Waals surface area contributed by atoms with Crippen molar-refractivity contribution in [2.75, 3.05) is 24.8 Å². The van der Waals surface area contributed by atoms with Crippen molar-refractivity contribution in [1.82, 2.24) is 4.98 Å². The molecule has 0 radical (unpaired) electrons. The molecule has 0 saturated carbocycles. The van der Waals surface area contributed by atoms with Crippen LogP contribution in [0.5, 0.6) is 11.5 Å². The summed E-state index contributed by atoms with van der Waals surface area (Å²) in [6.45, 7) is 3.32. The van der Waals surface area contributed by atoms with Crippen LogP contribution in [0.3, 0.4) is 0 Å². The predicted molar refractivity (Wildman–Crippen MR) is 70.7 cm³/mol. The van der Waals surface area contributed by atoms with Crippen molar-refractivity contribution in [1.29, 1.82) is 0 Å². The molecule has 5 nitrogen and oxygen atoms in total. The minimum absolute atomic E-state index is 0.271. The van der Waals surface area contributed by atoms with Crippen molar-refractivity contribution < 1.29 is 14.6 Å². The first-order chi connectivity index (χ1) is 9.12. The summed E-state index contributed by atoms with van der Waals surface area (Å²) in [5.41, 5.74) is -0.611. The number of fused-ring (bicyclic) bond motifs is 2. The van der Waals surface area contributed by atoms with Gasteiger partial charge in [0.05, 0.1) is 5.60 Å². The first-order valence-electron chi connectivity index (χ1n) is 6.28. The number of anilines is 1. The molecule has 1 saturated heterocycles. The molecule has 19 heavy (non-hydrogen) atoms. The third-order valence-corrected chi connectivity index (χ3v) is 3.60. The molecule has 5 heteroatoms. The van der Waals surface area contributed by atoms with E-state index in [4.69, 9.17) is 9.47 Å². The second kappa shape index (κ2) is 3.51. The van der Waals surface area contributed by atoms with E-state index < -0.39 is 5.60 Å². The number of hydrogen-bond donors (Lipinski definition) is 1. The van der Waals surface area contributed by atoms with Crippen LogP contribution in [0.2, 0.25) is 0 Å². The van der Waals surface area contributed by atoms with Crippen LogP contribution in [0.15, 0.2) is 24.4 Å². The summed E-state index contributed by atoms with van der Waals surface area (Å²) in [6.07, 6.45) is 1.78. The molecule has 1 aromatic heterocycles. The van der Waals surface area contributed by atoms with Gasteiger partial charge in [-0.1, -0.05) is 0 Å². The maximum Gasteiger partial charge on any atom is 0.231 e. The largest absolute Gasteiger partial charge is 0.454 e. The van der Waals surface area contributed by atoms with Crippen LogP contribution >= 0.6 is 0 Å². The molecule has 0 amide bonds. The van der Waals surface area contributed by atoms with Crippen LogP contribution in [0.25, 0.3) is 10.8 Å². The lowest BCUT2D eigenvalue weighted by Gasteiger charge is -2.45. The molecule has 2 aliphatic heterocycles. The number of hydrogen-bond acceptors (Lipinski definition) is 5. The Hall–Kier alpha value is -2.01. The van der Waals surface area contributed by atoms with Crippen LogP contribution in [-0.4, -0.2) is 35.6 Å². The number of pyridine rings is 1. The van der Waals surface area contributed by atoms with Gasteiger partial charge in [0.2, 0.25) is 6.79 Å². The van der Waals surface area contributed by atoms with E-state index in [9.17, 15) is 5.11 Å². The molecule has 2 aromatic rings. The van der Waals surface area contributed by atoms with E-state index in [-0.39, 0.29) is 6.79 Å². The molecule has 1 aromatic carbocycles. The van der Waals surface area contributed by atoms with Gasteiger partial charge in [-0.15, -0.1) is 0 Å². The zero-order valence-corrected chi connectivity index (χ0v) is 10.6. The van der Waals surface area contributed by atoms with Crippen molar-refractivity contribution in [3.05, 3.63) is 24.4 Å². The second-order valence-electron chi connectivity index (χ2n) is 5.41. The Balaban J connectivity index is 1.83. The van der Waals surface area contributed by atoms with Crippen LogP contribution in [-0.2, 0) is 0 Å². The van der Waals surface area contributed by atoms with Crippen LogP contribution in [0, 0.1) is 0 Å². The normalized spacial score (nSPS) is 19.6. The third-order valence-electron chi connectivity index (χ3n) is 3.60. The third kappa shape index (κ3) is 1.62. The van der Waals surface area contributed by atoms with Gasteiger partial charge in [0.25, 0.3) is 0 Å². The van der Waals surface area contributed by atoms with Gasteiger partial charge in [0.15, 0.2) is 11.5 Å². The summed E-state index contributed by atoms with van der Waals surface area (Å²) >= 11 is 0. The van der Waals surface area contributed by atoms with Crippen molar-refractivity contribution in [3.63, 3.8) is 0 Å². The summed E-state index contributed by atoms with van der Waals surface area (Å²) in [7, 11) is 0. The van der Waals surface area contributed by atoms with Gasteiger partial charge in [-0.05, 0) is 30.5 Å². The second-order valence-corrected chi connectivity index (χ2v) is 5.41. The van der Waals surface area contributed by atoms with Gasteiger partial charge < -0.3 is 19.5 Å². The average Bonchev–Trinajstić information content (AvgIpc) is 2.79. The maximum absolute atomic E-state index is 9.86. The Labute approximate surface area is 110 Å². The molecule has 0 bridgehead atoms. The number of ether oxygens (including phenoxy) is 2. The number of benzene rings is 1. The van der Waals surface area contributed by atoms with Crippen molar-refractivity contribution in [2.24, 2.45) is 0 Å². The fourth-order valence-corrected chi connectivity index (χ4v) is 2.72. The van der Waals surface area contributed by atoms with Gasteiger partial charge >= 0.3 is 0 Å². The Kier molecular flexibility index (Phi) is 2.01. The molecular weight excluding hydrogens is 244 g/mol.